The van der Waals surface area contributed by atoms with Crippen LogP contribution in [0.4, 0.5) is 0 Å². The van der Waals surface area contributed by atoms with Gasteiger partial charge in [-0.05, 0) is 34.6 Å². The lowest BCUT2D eigenvalue weighted by molar-refractivity contribution is -0.121. The summed E-state index contributed by atoms with van der Waals surface area (Å²) in [5, 5.41) is 7.49. The van der Waals surface area contributed by atoms with Crippen molar-refractivity contribution in [1.82, 2.24) is 15.0 Å². The van der Waals surface area contributed by atoms with Crippen molar-refractivity contribution in [3.05, 3.63) is 11.4 Å². The Hall–Kier alpha value is -1.92. The molecule has 100 valence electrons. The Morgan fingerprint density at radius 1 is 1.39 bits per heavy atom. The fraction of sp³-hybridized carbons (Fsp3) is 0.636. The smallest absolute Gasteiger partial charge is 0.361 e. The number of nitrogens with two attached hydrogens (primary N) is 1. The molecule has 0 radical (unpaired) electrons. The molecule has 0 aliphatic heterocycles. The number of primary amides is 1. The van der Waals surface area contributed by atoms with Crippen LogP contribution in [0.1, 0.15) is 49.9 Å². The topological polar surface area (TPSA) is 100 Å². The molecule has 7 heteroatoms. The zero-order chi connectivity index (χ0) is 14.1. The average Bonchev–Trinajstić information content (AvgIpc) is 2.56. The van der Waals surface area contributed by atoms with Crippen LogP contribution in [0.25, 0.3) is 0 Å². The van der Waals surface area contributed by atoms with Crippen LogP contribution in [0.3, 0.4) is 0 Å². The number of esters is 1. The lowest BCUT2D eigenvalue weighted by Gasteiger charge is -2.18. The van der Waals surface area contributed by atoms with Gasteiger partial charge in [-0.25, -0.2) is 9.48 Å². The minimum atomic E-state index is -0.659. The summed E-state index contributed by atoms with van der Waals surface area (Å²) >= 11 is 0. The Morgan fingerprint density at radius 2 is 1.94 bits per heavy atom. The second-order valence-electron chi connectivity index (χ2n) is 5.05. The molecule has 18 heavy (non-hydrogen) atoms. The van der Waals surface area contributed by atoms with E-state index in [-0.39, 0.29) is 5.69 Å². The molecule has 1 aromatic rings. The molecular weight excluding hydrogens is 236 g/mol. The van der Waals surface area contributed by atoms with Gasteiger partial charge in [0.15, 0.2) is 5.69 Å². The molecule has 0 spiro atoms. The average molecular weight is 254 g/mol. The van der Waals surface area contributed by atoms with Crippen molar-refractivity contribution in [3.8, 4) is 0 Å². The van der Waals surface area contributed by atoms with Crippen LogP contribution in [0.15, 0.2) is 0 Å². The third-order valence-electron chi connectivity index (χ3n) is 2.30. The number of aromatic nitrogens is 3. The summed E-state index contributed by atoms with van der Waals surface area (Å²) in [7, 11) is 0. The number of amides is 1. The van der Waals surface area contributed by atoms with E-state index in [2.05, 4.69) is 10.3 Å². The first-order valence-corrected chi connectivity index (χ1v) is 5.58. The van der Waals surface area contributed by atoms with E-state index in [1.54, 1.807) is 34.6 Å². The summed E-state index contributed by atoms with van der Waals surface area (Å²) in [5.74, 6) is -1.11. The van der Waals surface area contributed by atoms with Gasteiger partial charge in [-0.3, -0.25) is 4.79 Å². The molecule has 0 aliphatic rings. The zero-order valence-electron chi connectivity index (χ0n) is 11.2. The Labute approximate surface area is 105 Å². The van der Waals surface area contributed by atoms with Crippen LogP contribution in [-0.4, -0.2) is 32.5 Å². The van der Waals surface area contributed by atoms with Crippen LogP contribution in [-0.2, 0) is 9.53 Å². The number of hydrogen-bond acceptors (Lipinski definition) is 5. The first-order valence-electron chi connectivity index (χ1n) is 5.58. The van der Waals surface area contributed by atoms with Crippen molar-refractivity contribution in [2.75, 3.05) is 0 Å². The van der Waals surface area contributed by atoms with Gasteiger partial charge in [0, 0.05) is 0 Å². The monoisotopic (exact) mass is 254 g/mol. The maximum atomic E-state index is 11.8. The highest BCUT2D eigenvalue weighted by atomic mass is 16.6. The van der Waals surface area contributed by atoms with E-state index in [4.69, 9.17) is 10.5 Å². The van der Waals surface area contributed by atoms with E-state index in [1.165, 1.54) is 4.68 Å². The van der Waals surface area contributed by atoms with E-state index in [1.807, 2.05) is 0 Å². The van der Waals surface area contributed by atoms with Crippen molar-refractivity contribution >= 4 is 11.9 Å². The van der Waals surface area contributed by atoms with E-state index >= 15 is 0 Å². The first-order chi connectivity index (χ1) is 8.13. The Balaban J connectivity index is 3.00. The molecule has 1 aromatic heterocycles. The van der Waals surface area contributed by atoms with Crippen LogP contribution >= 0.6 is 0 Å². The fourth-order valence-electron chi connectivity index (χ4n) is 1.34. The highest BCUT2D eigenvalue weighted by Gasteiger charge is 2.25. The minimum Gasteiger partial charge on any atom is -0.455 e. The zero-order valence-corrected chi connectivity index (χ0v) is 11.2. The van der Waals surface area contributed by atoms with Gasteiger partial charge < -0.3 is 10.5 Å². The maximum absolute atomic E-state index is 11.8. The van der Waals surface area contributed by atoms with Crippen LogP contribution in [0.2, 0.25) is 0 Å². The predicted molar refractivity (Wildman–Crippen MR) is 63.8 cm³/mol. The number of ether oxygens (including phenoxy) is 1. The van der Waals surface area contributed by atoms with E-state index in [0.29, 0.717) is 5.69 Å². The van der Waals surface area contributed by atoms with Crippen LogP contribution in [0.5, 0.6) is 0 Å². The van der Waals surface area contributed by atoms with Gasteiger partial charge in [-0.1, -0.05) is 5.21 Å². The van der Waals surface area contributed by atoms with Crippen molar-refractivity contribution in [2.45, 2.75) is 46.3 Å². The van der Waals surface area contributed by atoms with Gasteiger partial charge in [-0.2, -0.15) is 0 Å². The summed E-state index contributed by atoms with van der Waals surface area (Å²) in [4.78, 5) is 22.9. The van der Waals surface area contributed by atoms with Gasteiger partial charge in [-0.15, -0.1) is 5.10 Å². The quantitative estimate of drug-likeness (QED) is 0.795. The molecule has 0 aliphatic carbocycles. The molecule has 1 amide bonds. The van der Waals surface area contributed by atoms with Crippen LogP contribution < -0.4 is 5.73 Å². The second kappa shape index (κ2) is 4.75. The largest absolute Gasteiger partial charge is 0.455 e. The van der Waals surface area contributed by atoms with Gasteiger partial charge in [0.2, 0.25) is 5.91 Å². The lowest BCUT2D eigenvalue weighted by Crippen LogP contribution is -2.26. The molecular formula is C11H18N4O3. The third-order valence-corrected chi connectivity index (χ3v) is 2.30. The molecule has 1 unspecified atom stereocenters. The summed E-state index contributed by atoms with van der Waals surface area (Å²) in [6.45, 7) is 8.51. The molecule has 7 nitrogen and oxygen atoms in total. The number of carbonyl (C=O) groups excluding carboxylic acids is 2. The van der Waals surface area contributed by atoms with Gasteiger partial charge in [0.25, 0.3) is 0 Å². The van der Waals surface area contributed by atoms with Crippen LogP contribution in [0, 0.1) is 6.92 Å². The number of nitrogens with zero attached hydrogens (tertiary/aromatic N) is 3. The molecule has 0 aromatic carbocycles. The normalized spacial score (nSPS) is 13.2. The van der Waals surface area contributed by atoms with Crippen molar-refractivity contribution < 1.29 is 14.3 Å². The predicted octanol–water partition coefficient (Wildman–Crippen LogP) is 0.588. The summed E-state index contributed by atoms with van der Waals surface area (Å²) in [5.41, 5.74) is 5.12. The Morgan fingerprint density at radius 3 is 2.39 bits per heavy atom. The Kier molecular flexibility index (Phi) is 3.73. The molecule has 1 atom stereocenters. The number of hydrogen-bond donors (Lipinski definition) is 1. The van der Waals surface area contributed by atoms with Gasteiger partial charge in [0.1, 0.15) is 11.6 Å². The summed E-state index contributed by atoms with van der Waals surface area (Å²) in [6, 6.07) is -0.659. The van der Waals surface area contributed by atoms with E-state index in [9.17, 15) is 9.59 Å². The molecule has 0 saturated carbocycles. The number of rotatable bonds is 3. The summed E-state index contributed by atoms with van der Waals surface area (Å²) < 4.78 is 6.49. The Bertz CT molecular complexity index is 473. The second-order valence-corrected chi connectivity index (χ2v) is 5.05. The molecule has 0 bridgehead atoms. The lowest BCUT2D eigenvalue weighted by atomic mass is 10.2. The molecule has 2 N–H and O–H groups in total. The highest BCUT2D eigenvalue weighted by molar-refractivity contribution is 5.88. The fourth-order valence-corrected chi connectivity index (χ4v) is 1.34. The molecule has 1 heterocycles. The SMILES string of the molecule is Cc1c(C(=O)OC(C)(C)C)nnn1C(C)C(N)=O. The molecule has 0 saturated heterocycles. The van der Waals surface area contributed by atoms with Gasteiger partial charge in [0.05, 0.1) is 5.69 Å². The van der Waals surface area contributed by atoms with E-state index < -0.39 is 23.5 Å². The van der Waals surface area contributed by atoms with Gasteiger partial charge >= 0.3 is 5.97 Å². The third kappa shape index (κ3) is 3.06. The van der Waals surface area contributed by atoms with Crippen molar-refractivity contribution in [2.24, 2.45) is 5.73 Å². The number of carbonyl (C=O) groups is 2. The van der Waals surface area contributed by atoms with Crippen molar-refractivity contribution in [1.29, 1.82) is 0 Å². The summed E-state index contributed by atoms with van der Waals surface area (Å²) in [6.07, 6.45) is 0. The van der Waals surface area contributed by atoms with Crippen molar-refractivity contribution in [3.63, 3.8) is 0 Å². The molecule has 1 rings (SSSR count). The van der Waals surface area contributed by atoms with E-state index in [0.717, 1.165) is 0 Å². The highest BCUT2D eigenvalue weighted by Crippen LogP contribution is 2.15. The standard InChI is InChI=1S/C11H18N4O3/c1-6-8(10(17)18-11(3,4)5)13-14-15(6)7(2)9(12)16/h7H,1-5H3,(H2,12,16). The first kappa shape index (κ1) is 14.1. The molecule has 0 fully saturated rings. The minimum absolute atomic E-state index is 0.0954. The maximum Gasteiger partial charge on any atom is 0.361 e.